The van der Waals surface area contributed by atoms with Crippen molar-refractivity contribution in [3.8, 4) is 5.69 Å². The zero-order valence-corrected chi connectivity index (χ0v) is 12.4. The minimum atomic E-state index is 0.380. The Morgan fingerprint density at radius 3 is 2.95 bits per heavy atom. The monoisotopic (exact) mass is 324 g/mol. The van der Waals surface area contributed by atoms with E-state index < -0.39 is 0 Å². The van der Waals surface area contributed by atoms with Gasteiger partial charge >= 0.3 is 0 Å². The van der Waals surface area contributed by atoms with E-state index >= 15 is 0 Å². The largest absolute Gasteiger partial charge is 0.446 e. The number of rotatable bonds is 4. The van der Waals surface area contributed by atoms with Gasteiger partial charge in [0.2, 0.25) is 5.95 Å². The topological polar surface area (TPSA) is 81.7 Å². The molecule has 0 bridgehead atoms. The molecule has 0 atom stereocenters. The smallest absolute Gasteiger partial charge is 0.248 e. The Balaban J connectivity index is 1.87. The first-order valence-electron chi connectivity index (χ1n) is 6.02. The van der Waals surface area contributed by atoms with Crippen molar-refractivity contribution in [2.24, 2.45) is 0 Å². The lowest BCUT2D eigenvalue weighted by Gasteiger charge is -2.08. The summed E-state index contributed by atoms with van der Waals surface area (Å²) in [7, 11) is 0. The summed E-state index contributed by atoms with van der Waals surface area (Å²) in [6, 6.07) is 5.24. The van der Waals surface area contributed by atoms with Crippen LogP contribution in [0.5, 0.6) is 0 Å². The number of aryl methyl sites for hydroxylation is 1. The molecule has 0 spiro atoms. The molecule has 2 heterocycles. The van der Waals surface area contributed by atoms with E-state index in [9.17, 15) is 0 Å². The summed E-state index contributed by atoms with van der Waals surface area (Å²) in [6.07, 6.45) is 1.39. The minimum absolute atomic E-state index is 0.380. The summed E-state index contributed by atoms with van der Waals surface area (Å²) >= 11 is 12.2. The molecule has 9 heteroatoms. The molecular formula is C12H10Cl2N6O. The minimum Gasteiger partial charge on any atom is -0.446 e. The maximum Gasteiger partial charge on any atom is 0.248 e. The van der Waals surface area contributed by atoms with Gasteiger partial charge in [-0.15, -0.1) is 0 Å². The van der Waals surface area contributed by atoms with Gasteiger partial charge in [0.25, 0.3) is 0 Å². The second-order valence-electron chi connectivity index (χ2n) is 4.20. The van der Waals surface area contributed by atoms with Gasteiger partial charge in [0.15, 0.2) is 6.39 Å². The third-order valence-corrected chi connectivity index (χ3v) is 3.69. The summed E-state index contributed by atoms with van der Waals surface area (Å²) in [6.45, 7) is 2.27. The average molecular weight is 325 g/mol. The van der Waals surface area contributed by atoms with E-state index in [1.807, 2.05) is 6.92 Å². The molecule has 0 saturated heterocycles. The van der Waals surface area contributed by atoms with Crippen LogP contribution in [0.2, 0.25) is 10.0 Å². The Bertz CT molecular complexity index is 769. The van der Waals surface area contributed by atoms with Crippen molar-refractivity contribution in [3.63, 3.8) is 0 Å². The highest BCUT2D eigenvalue weighted by Gasteiger charge is 2.14. The fraction of sp³-hybridized carbons (Fsp3) is 0.167. The SMILES string of the molecule is Cc1ncoc1CNc1nnnn1-c1cccc(Cl)c1Cl. The number of hydrogen-bond donors (Lipinski definition) is 1. The normalized spacial score (nSPS) is 10.8. The molecule has 108 valence electrons. The van der Waals surface area contributed by atoms with E-state index in [-0.39, 0.29) is 0 Å². The molecule has 1 N–H and O–H groups in total. The number of oxazole rings is 1. The fourth-order valence-electron chi connectivity index (χ4n) is 1.77. The van der Waals surface area contributed by atoms with Gasteiger partial charge in [-0.1, -0.05) is 34.4 Å². The number of hydrogen-bond acceptors (Lipinski definition) is 6. The lowest BCUT2D eigenvalue weighted by Crippen LogP contribution is -2.08. The number of nitrogens with zero attached hydrogens (tertiary/aromatic N) is 5. The number of benzene rings is 1. The highest BCUT2D eigenvalue weighted by atomic mass is 35.5. The number of halogens is 2. The van der Waals surface area contributed by atoms with Gasteiger partial charge in [-0.25, -0.2) is 4.98 Å². The molecule has 21 heavy (non-hydrogen) atoms. The summed E-state index contributed by atoms with van der Waals surface area (Å²) in [5.41, 5.74) is 1.40. The van der Waals surface area contributed by atoms with Crippen molar-refractivity contribution in [1.29, 1.82) is 0 Å². The van der Waals surface area contributed by atoms with E-state index in [4.69, 9.17) is 27.6 Å². The molecule has 3 aromatic rings. The summed E-state index contributed by atoms with van der Waals surface area (Å²) < 4.78 is 6.72. The molecule has 1 aromatic carbocycles. The third kappa shape index (κ3) is 2.70. The van der Waals surface area contributed by atoms with E-state index in [0.29, 0.717) is 34.0 Å². The van der Waals surface area contributed by atoms with Crippen LogP contribution in [0.4, 0.5) is 5.95 Å². The van der Waals surface area contributed by atoms with Crippen LogP contribution in [-0.2, 0) is 6.54 Å². The highest BCUT2D eigenvalue weighted by Crippen LogP contribution is 2.29. The standard InChI is InChI=1S/C12H10Cl2N6O/c1-7-10(21-6-16-7)5-15-12-17-18-19-20(12)9-4-2-3-8(13)11(9)14/h2-4,6H,5H2,1H3,(H,15,17,19). The molecule has 0 aliphatic heterocycles. The first-order chi connectivity index (χ1) is 10.2. The van der Waals surface area contributed by atoms with Gasteiger partial charge < -0.3 is 9.73 Å². The van der Waals surface area contributed by atoms with Crippen LogP contribution in [0.15, 0.2) is 29.0 Å². The molecule has 0 radical (unpaired) electrons. The predicted octanol–water partition coefficient (Wildman–Crippen LogP) is 2.88. The highest BCUT2D eigenvalue weighted by molar-refractivity contribution is 6.43. The first kappa shape index (κ1) is 13.8. The number of aromatic nitrogens is 5. The number of tetrazole rings is 1. The van der Waals surface area contributed by atoms with Crippen molar-refractivity contribution in [1.82, 2.24) is 25.2 Å². The molecule has 0 unspecified atom stereocenters. The number of anilines is 1. The number of nitrogens with one attached hydrogen (secondary N) is 1. The van der Waals surface area contributed by atoms with Gasteiger partial charge in [-0.05, 0) is 29.5 Å². The third-order valence-electron chi connectivity index (χ3n) is 2.88. The Kier molecular flexibility index (Phi) is 3.76. The van der Waals surface area contributed by atoms with Crippen LogP contribution in [0, 0.1) is 6.92 Å². The Hall–Kier alpha value is -2.12. The maximum atomic E-state index is 6.18. The van der Waals surface area contributed by atoms with Gasteiger partial charge in [0.1, 0.15) is 5.76 Å². The molecule has 2 aromatic heterocycles. The van der Waals surface area contributed by atoms with Crippen molar-refractivity contribution in [2.45, 2.75) is 13.5 Å². The van der Waals surface area contributed by atoms with Crippen LogP contribution in [0.3, 0.4) is 0 Å². The van der Waals surface area contributed by atoms with Crippen LogP contribution >= 0.6 is 23.2 Å². The molecule has 3 rings (SSSR count). The predicted molar refractivity (Wildman–Crippen MR) is 77.7 cm³/mol. The van der Waals surface area contributed by atoms with Gasteiger partial charge in [-0.3, -0.25) is 0 Å². The summed E-state index contributed by atoms with van der Waals surface area (Å²) in [5, 5.41) is 15.4. The van der Waals surface area contributed by atoms with Crippen LogP contribution in [0.25, 0.3) is 5.69 Å². The average Bonchev–Trinajstić information content (AvgIpc) is 3.08. The van der Waals surface area contributed by atoms with E-state index in [1.54, 1.807) is 18.2 Å². The summed E-state index contributed by atoms with van der Waals surface area (Å²) in [5.74, 6) is 1.14. The molecule has 7 nitrogen and oxygen atoms in total. The quantitative estimate of drug-likeness (QED) is 0.794. The summed E-state index contributed by atoms with van der Waals surface area (Å²) in [4.78, 5) is 4.02. The van der Waals surface area contributed by atoms with Gasteiger partial charge in [-0.2, -0.15) is 4.68 Å². The van der Waals surface area contributed by atoms with Crippen molar-refractivity contribution in [3.05, 3.63) is 46.1 Å². The maximum absolute atomic E-state index is 6.18. The fourth-order valence-corrected chi connectivity index (χ4v) is 2.15. The van der Waals surface area contributed by atoms with Crippen LogP contribution in [-0.4, -0.2) is 25.2 Å². The molecule has 0 fully saturated rings. The Morgan fingerprint density at radius 2 is 2.19 bits per heavy atom. The molecule has 0 amide bonds. The van der Waals surface area contributed by atoms with Crippen LogP contribution in [0.1, 0.15) is 11.5 Å². The zero-order chi connectivity index (χ0) is 14.8. The van der Waals surface area contributed by atoms with Gasteiger partial charge in [0.05, 0.1) is 28.0 Å². The van der Waals surface area contributed by atoms with Crippen molar-refractivity contribution < 1.29 is 4.42 Å². The molecule has 0 saturated carbocycles. The van der Waals surface area contributed by atoms with Crippen molar-refractivity contribution >= 4 is 29.2 Å². The van der Waals surface area contributed by atoms with E-state index in [1.165, 1.54) is 11.1 Å². The molecule has 0 aliphatic carbocycles. The zero-order valence-electron chi connectivity index (χ0n) is 10.9. The Labute approximate surface area is 129 Å². The van der Waals surface area contributed by atoms with E-state index in [0.717, 1.165) is 5.69 Å². The second kappa shape index (κ2) is 5.71. The molecular weight excluding hydrogens is 315 g/mol. The van der Waals surface area contributed by atoms with E-state index in [2.05, 4.69) is 25.8 Å². The molecule has 0 aliphatic rings. The Morgan fingerprint density at radius 1 is 1.33 bits per heavy atom. The lowest BCUT2D eigenvalue weighted by atomic mass is 10.3. The van der Waals surface area contributed by atoms with Crippen molar-refractivity contribution in [2.75, 3.05) is 5.32 Å². The second-order valence-corrected chi connectivity index (χ2v) is 4.99. The van der Waals surface area contributed by atoms with Gasteiger partial charge in [0, 0.05) is 0 Å². The lowest BCUT2D eigenvalue weighted by molar-refractivity contribution is 0.509. The first-order valence-corrected chi connectivity index (χ1v) is 6.78. The van der Waals surface area contributed by atoms with Crippen LogP contribution < -0.4 is 5.32 Å².